The number of guanidine groups is 1. The molecule has 0 spiro atoms. The van der Waals surface area contributed by atoms with Crippen molar-refractivity contribution in [2.24, 2.45) is 4.99 Å². The summed E-state index contributed by atoms with van der Waals surface area (Å²) in [5.74, 6) is -0.0670. The standard InChI is InChI=1S/C14H16N4O2S/c1-8(2)20-13(19)11-9(3)17-14(16-7-15)18-12(11)10-5-4-6-21-10/h4-6,8,12H,1-3H3,(H2,16,17,18). The summed E-state index contributed by atoms with van der Waals surface area (Å²) in [5.41, 5.74) is 1.10. The van der Waals surface area contributed by atoms with Crippen molar-refractivity contribution in [2.75, 3.05) is 0 Å². The Morgan fingerprint density at radius 2 is 2.38 bits per heavy atom. The van der Waals surface area contributed by atoms with Gasteiger partial charge in [0.05, 0.1) is 11.7 Å². The van der Waals surface area contributed by atoms with Crippen molar-refractivity contribution in [1.82, 2.24) is 10.6 Å². The first kappa shape index (κ1) is 15.1. The molecule has 6 nitrogen and oxygen atoms in total. The molecule has 1 unspecified atom stereocenters. The van der Waals surface area contributed by atoms with E-state index in [1.54, 1.807) is 20.8 Å². The number of esters is 1. The monoisotopic (exact) mass is 304 g/mol. The molecule has 2 heterocycles. The van der Waals surface area contributed by atoms with Gasteiger partial charge in [-0.05, 0) is 32.2 Å². The van der Waals surface area contributed by atoms with Gasteiger partial charge in [-0.1, -0.05) is 6.07 Å². The molecule has 110 valence electrons. The summed E-state index contributed by atoms with van der Waals surface area (Å²) in [6, 6.07) is 3.34. The van der Waals surface area contributed by atoms with Crippen molar-refractivity contribution < 1.29 is 9.53 Å². The van der Waals surface area contributed by atoms with Crippen LogP contribution in [0.15, 0.2) is 33.8 Å². The fourth-order valence-electron chi connectivity index (χ4n) is 1.99. The minimum Gasteiger partial charge on any atom is -0.459 e. The molecule has 0 bridgehead atoms. The minimum atomic E-state index is -0.464. The lowest BCUT2D eigenvalue weighted by Gasteiger charge is -2.25. The first-order valence-electron chi connectivity index (χ1n) is 6.48. The van der Waals surface area contributed by atoms with Crippen LogP contribution >= 0.6 is 11.3 Å². The van der Waals surface area contributed by atoms with Gasteiger partial charge in [0.15, 0.2) is 6.19 Å². The van der Waals surface area contributed by atoms with Gasteiger partial charge in [-0.2, -0.15) is 5.26 Å². The van der Waals surface area contributed by atoms with E-state index >= 15 is 0 Å². The molecule has 1 aliphatic heterocycles. The van der Waals surface area contributed by atoms with Crippen LogP contribution in [0.25, 0.3) is 0 Å². The van der Waals surface area contributed by atoms with Crippen LogP contribution in [0.1, 0.15) is 31.7 Å². The Bertz CT molecular complexity index is 626. The van der Waals surface area contributed by atoms with Crippen LogP contribution < -0.4 is 10.6 Å². The van der Waals surface area contributed by atoms with Gasteiger partial charge in [-0.3, -0.25) is 5.32 Å². The lowest BCUT2D eigenvalue weighted by molar-refractivity contribution is -0.143. The maximum absolute atomic E-state index is 12.3. The molecule has 2 N–H and O–H groups in total. The minimum absolute atomic E-state index is 0.204. The van der Waals surface area contributed by atoms with E-state index < -0.39 is 12.0 Å². The number of thiophene rings is 1. The molecule has 0 saturated carbocycles. The fourth-order valence-corrected chi connectivity index (χ4v) is 2.76. The first-order valence-corrected chi connectivity index (χ1v) is 7.36. The Labute approximate surface area is 127 Å². The number of nitrogens with zero attached hydrogens (tertiary/aromatic N) is 2. The van der Waals surface area contributed by atoms with Gasteiger partial charge < -0.3 is 10.1 Å². The second kappa shape index (κ2) is 6.41. The molecule has 2 rings (SSSR count). The Balaban J connectivity index is 2.39. The van der Waals surface area contributed by atoms with Gasteiger partial charge in [0.25, 0.3) is 0 Å². The van der Waals surface area contributed by atoms with Crippen LogP contribution in [0.4, 0.5) is 0 Å². The van der Waals surface area contributed by atoms with Gasteiger partial charge in [-0.25, -0.2) is 9.79 Å². The Kier molecular flexibility index (Phi) is 4.60. The van der Waals surface area contributed by atoms with Gasteiger partial charge in [0.1, 0.15) is 6.04 Å². The molecule has 0 amide bonds. The van der Waals surface area contributed by atoms with Crippen molar-refractivity contribution in [3.05, 3.63) is 33.7 Å². The lowest BCUT2D eigenvalue weighted by Crippen LogP contribution is -2.39. The summed E-state index contributed by atoms with van der Waals surface area (Å²) >= 11 is 1.50. The summed E-state index contributed by atoms with van der Waals surface area (Å²) in [5, 5.41) is 16.0. The normalized spacial score (nSPS) is 17.9. The second-order valence-corrected chi connectivity index (χ2v) is 5.73. The number of hydrogen-bond acceptors (Lipinski definition) is 7. The third-order valence-corrected chi connectivity index (χ3v) is 3.72. The SMILES string of the molecule is CC1=C(C(=O)OC(C)C)C(c2cccs2)N=C(NC#N)N1. The summed E-state index contributed by atoms with van der Waals surface area (Å²) in [7, 11) is 0. The Hall–Kier alpha value is -2.33. The van der Waals surface area contributed by atoms with Crippen molar-refractivity contribution in [1.29, 1.82) is 5.26 Å². The average molecular weight is 304 g/mol. The lowest BCUT2D eigenvalue weighted by atomic mass is 10.0. The number of allylic oxidation sites excluding steroid dienone is 1. The number of hydrogen-bond donors (Lipinski definition) is 2. The van der Waals surface area contributed by atoms with E-state index in [0.717, 1.165) is 4.88 Å². The molecule has 1 atom stereocenters. The molecular formula is C14H16N4O2S. The molecule has 21 heavy (non-hydrogen) atoms. The predicted molar refractivity (Wildman–Crippen MR) is 80.3 cm³/mol. The van der Waals surface area contributed by atoms with Crippen molar-refractivity contribution >= 4 is 23.3 Å². The highest BCUT2D eigenvalue weighted by molar-refractivity contribution is 7.10. The first-order chi connectivity index (χ1) is 10.0. The van der Waals surface area contributed by atoms with Gasteiger partial charge in [0, 0.05) is 10.6 Å². The Morgan fingerprint density at radius 3 is 2.95 bits per heavy atom. The topological polar surface area (TPSA) is 86.5 Å². The fraction of sp³-hybridized carbons (Fsp3) is 0.357. The molecule has 0 saturated heterocycles. The molecular weight excluding hydrogens is 288 g/mol. The van der Waals surface area contributed by atoms with E-state index in [-0.39, 0.29) is 6.10 Å². The van der Waals surface area contributed by atoms with Gasteiger partial charge in [-0.15, -0.1) is 11.3 Å². The third-order valence-electron chi connectivity index (χ3n) is 2.79. The number of carbonyl (C=O) groups excluding carboxylic acids is 1. The van der Waals surface area contributed by atoms with Crippen LogP contribution in [-0.2, 0) is 9.53 Å². The maximum atomic E-state index is 12.3. The highest BCUT2D eigenvalue weighted by atomic mass is 32.1. The highest BCUT2D eigenvalue weighted by Crippen LogP contribution is 2.33. The van der Waals surface area contributed by atoms with Crippen molar-refractivity contribution in [3.8, 4) is 6.19 Å². The molecule has 0 fully saturated rings. The maximum Gasteiger partial charge on any atom is 0.338 e. The van der Waals surface area contributed by atoms with E-state index in [4.69, 9.17) is 10.00 Å². The van der Waals surface area contributed by atoms with E-state index in [9.17, 15) is 4.79 Å². The highest BCUT2D eigenvalue weighted by Gasteiger charge is 2.31. The molecule has 0 aliphatic carbocycles. The molecule has 0 radical (unpaired) electrons. The van der Waals surface area contributed by atoms with E-state index in [0.29, 0.717) is 17.2 Å². The smallest absolute Gasteiger partial charge is 0.338 e. The summed E-state index contributed by atoms with van der Waals surface area (Å²) in [6.07, 6.45) is 1.62. The molecule has 1 aromatic rings. The van der Waals surface area contributed by atoms with Gasteiger partial charge >= 0.3 is 5.97 Å². The number of ether oxygens (including phenoxy) is 1. The van der Waals surface area contributed by atoms with E-state index in [1.165, 1.54) is 11.3 Å². The summed E-state index contributed by atoms with van der Waals surface area (Å²) in [6.45, 7) is 5.37. The van der Waals surface area contributed by atoms with Crippen LogP contribution in [0, 0.1) is 11.5 Å². The van der Waals surface area contributed by atoms with Crippen LogP contribution in [0.2, 0.25) is 0 Å². The summed E-state index contributed by atoms with van der Waals surface area (Å²) < 4.78 is 5.30. The van der Waals surface area contributed by atoms with E-state index in [2.05, 4.69) is 15.6 Å². The zero-order valence-electron chi connectivity index (χ0n) is 12.0. The average Bonchev–Trinajstić information content (AvgIpc) is 2.90. The molecule has 7 heteroatoms. The van der Waals surface area contributed by atoms with Crippen molar-refractivity contribution in [3.63, 3.8) is 0 Å². The number of rotatable bonds is 3. The second-order valence-electron chi connectivity index (χ2n) is 4.75. The number of nitriles is 1. The quantitative estimate of drug-likeness (QED) is 0.507. The van der Waals surface area contributed by atoms with E-state index in [1.807, 2.05) is 23.7 Å². The summed E-state index contributed by atoms with van der Waals surface area (Å²) in [4.78, 5) is 17.6. The molecule has 0 aromatic carbocycles. The number of nitrogens with one attached hydrogen (secondary N) is 2. The zero-order chi connectivity index (χ0) is 15.4. The number of aliphatic imine (C=N–C) groups is 1. The van der Waals surface area contributed by atoms with Gasteiger partial charge in [0.2, 0.25) is 5.96 Å². The van der Waals surface area contributed by atoms with Crippen LogP contribution in [0.3, 0.4) is 0 Å². The molecule has 1 aromatic heterocycles. The Morgan fingerprint density at radius 1 is 1.62 bits per heavy atom. The number of carbonyl (C=O) groups is 1. The van der Waals surface area contributed by atoms with Crippen molar-refractivity contribution in [2.45, 2.75) is 32.9 Å². The zero-order valence-corrected chi connectivity index (χ0v) is 12.8. The van der Waals surface area contributed by atoms with Crippen LogP contribution in [0.5, 0.6) is 0 Å². The largest absolute Gasteiger partial charge is 0.459 e. The predicted octanol–water partition coefficient (Wildman–Crippen LogP) is 2.04. The third kappa shape index (κ3) is 3.41. The van der Waals surface area contributed by atoms with Crippen LogP contribution in [-0.4, -0.2) is 18.0 Å². The molecule has 1 aliphatic rings.